The van der Waals surface area contributed by atoms with Crippen LogP contribution in [-0.2, 0) is 22.2 Å². The number of unbranched alkanes of at least 4 members (excludes halogenated alkanes) is 1. The second kappa shape index (κ2) is 11.8. The Morgan fingerprint density at radius 1 is 1.00 bits per heavy atom. The average molecular weight is 488 g/mol. The lowest BCUT2D eigenvalue weighted by Crippen LogP contribution is -2.51. The molecule has 6 N–H and O–H groups in total. The maximum Gasteiger partial charge on any atom is 0.416 e. The van der Waals surface area contributed by atoms with E-state index in [0.717, 1.165) is 23.0 Å². The minimum atomic E-state index is -4.47. The van der Waals surface area contributed by atoms with E-state index in [-0.39, 0.29) is 6.42 Å². The number of alkyl halides is 3. The van der Waals surface area contributed by atoms with Gasteiger partial charge in [0, 0.05) is 11.8 Å². The molecule has 35 heavy (non-hydrogen) atoms. The number of aromatic nitrogens is 1. The van der Waals surface area contributed by atoms with Gasteiger partial charge in [0.05, 0.1) is 29.0 Å². The van der Waals surface area contributed by atoms with E-state index in [4.69, 9.17) is 11.5 Å². The van der Waals surface area contributed by atoms with Crippen molar-refractivity contribution < 1.29 is 22.8 Å². The number of nitrogens with one attached hydrogen (secondary N) is 2. The number of hydrogen-bond acceptors (Lipinski definition) is 5. The van der Waals surface area contributed by atoms with Crippen LogP contribution in [0.4, 0.5) is 18.9 Å². The zero-order chi connectivity index (χ0) is 25.4. The fraction of sp³-hybridized carbons (Fsp3) is 0.320. The first-order valence-electron chi connectivity index (χ1n) is 11.2. The van der Waals surface area contributed by atoms with Gasteiger partial charge in [-0.1, -0.05) is 36.8 Å². The Labute approximate surface area is 201 Å². The Balaban J connectivity index is 1.77. The minimum Gasteiger partial charge on any atom is -0.343 e. The van der Waals surface area contributed by atoms with Crippen molar-refractivity contribution in [3.8, 4) is 0 Å². The Kier molecular flexibility index (Phi) is 8.78. The molecule has 2 atom stereocenters. The largest absolute Gasteiger partial charge is 0.416 e. The van der Waals surface area contributed by atoms with Gasteiger partial charge in [-0.15, -0.1) is 0 Å². The van der Waals surface area contributed by atoms with E-state index in [1.54, 1.807) is 6.07 Å². The summed E-state index contributed by atoms with van der Waals surface area (Å²) in [4.78, 5) is 30.1. The lowest BCUT2D eigenvalue weighted by atomic mass is 10.0. The third-order valence-electron chi connectivity index (χ3n) is 5.52. The molecule has 1 heterocycles. The molecular weight excluding hydrogens is 459 g/mol. The van der Waals surface area contributed by atoms with E-state index in [1.165, 1.54) is 18.3 Å². The summed E-state index contributed by atoms with van der Waals surface area (Å²) < 4.78 is 38.7. The van der Waals surface area contributed by atoms with Crippen LogP contribution in [0.25, 0.3) is 10.9 Å². The van der Waals surface area contributed by atoms with Crippen LogP contribution in [0.1, 0.15) is 30.4 Å². The molecule has 0 aliphatic carbocycles. The highest BCUT2D eigenvalue weighted by atomic mass is 19.4. The maximum atomic E-state index is 13.1. The number of pyridine rings is 1. The molecule has 0 aliphatic rings. The first-order valence-corrected chi connectivity index (χ1v) is 11.2. The van der Waals surface area contributed by atoms with Crippen molar-refractivity contribution in [1.82, 2.24) is 10.3 Å². The third-order valence-corrected chi connectivity index (χ3v) is 5.52. The molecule has 7 nitrogen and oxygen atoms in total. The third kappa shape index (κ3) is 7.49. The van der Waals surface area contributed by atoms with Gasteiger partial charge in [0.2, 0.25) is 11.8 Å². The number of benzene rings is 2. The highest BCUT2D eigenvalue weighted by Crippen LogP contribution is 2.29. The van der Waals surface area contributed by atoms with Crippen molar-refractivity contribution in [3.63, 3.8) is 0 Å². The molecule has 1 aromatic heterocycles. The molecule has 3 rings (SSSR count). The van der Waals surface area contributed by atoms with E-state index >= 15 is 0 Å². The van der Waals surface area contributed by atoms with E-state index < -0.39 is 35.6 Å². The lowest BCUT2D eigenvalue weighted by Gasteiger charge is -2.21. The van der Waals surface area contributed by atoms with E-state index in [9.17, 15) is 22.8 Å². The first kappa shape index (κ1) is 26.1. The molecule has 0 saturated heterocycles. The van der Waals surface area contributed by atoms with Crippen molar-refractivity contribution in [1.29, 1.82) is 0 Å². The van der Waals surface area contributed by atoms with Gasteiger partial charge in [0.15, 0.2) is 0 Å². The molecule has 0 aliphatic heterocycles. The smallest absolute Gasteiger partial charge is 0.343 e. The second-order valence-electron chi connectivity index (χ2n) is 8.26. The zero-order valence-electron chi connectivity index (χ0n) is 19.0. The Bertz CT molecular complexity index is 1150. The summed E-state index contributed by atoms with van der Waals surface area (Å²) in [5.74, 6) is -1.06. The summed E-state index contributed by atoms with van der Waals surface area (Å²) in [6.45, 7) is 0.479. The monoisotopic (exact) mass is 487 g/mol. The summed E-state index contributed by atoms with van der Waals surface area (Å²) in [7, 11) is 0. The number of carbonyl (C=O) groups is 2. The molecule has 0 spiro atoms. The Morgan fingerprint density at radius 2 is 1.71 bits per heavy atom. The van der Waals surface area contributed by atoms with Crippen LogP contribution >= 0.6 is 0 Å². The van der Waals surface area contributed by atoms with Gasteiger partial charge in [-0.3, -0.25) is 14.6 Å². The van der Waals surface area contributed by atoms with Crippen LogP contribution in [0, 0.1) is 0 Å². The summed E-state index contributed by atoms with van der Waals surface area (Å²) in [5.41, 5.74) is 12.3. The Hall–Kier alpha value is -3.50. The molecule has 0 fully saturated rings. The van der Waals surface area contributed by atoms with E-state index in [1.807, 2.05) is 24.3 Å². The molecule has 10 heteroatoms. The molecule has 2 aromatic carbocycles. The highest BCUT2D eigenvalue weighted by Gasteiger charge is 2.30. The number of carbonyl (C=O) groups excluding carboxylic acids is 2. The van der Waals surface area contributed by atoms with Crippen molar-refractivity contribution in [2.45, 2.75) is 43.9 Å². The van der Waals surface area contributed by atoms with Crippen molar-refractivity contribution in [3.05, 3.63) is 71.9 Å². The van der Waals surface area contributed by atoms with Crippen molar-refractivity contribution in [2.24, 2.45) is 11.5 Å². The highest BCUT2D eigenvalue weighted by molar-refractivity contribution is 5.99. The predicted octanol–water partition coefficient (Wildman–Crippen LogP) is 3.38. The van der Waals surface area contributed by atoms with Crippen LogP contribution in [-0.4, -0.2) is 35.4 Å². The molecule has 186 valence electrons. The van der Waals surface area contributed by atoms with Gasteiger partial charge in [0.25, 0.3) is 0 Å². The quantitative estimate of drug-likeness (QED) is 0.327. The van der Waals surface area contributed by atoms with E-state index in [0.29, 0.717) is 37.1 Å². The molecule has 0 saturated carbocycles. The maximum absolute atomic E-state index is 13.1. The van der Waals surface area contributed by atoms with Gasteiger partial charge in [-0.25, -0.2) is 0 Å². The normalized spacial score (nSPS) is 13.3. The van der Waals surface area contributed by atoms with Crippen LogP contribution < -0.4 is 22.1 Å². The van der Waals surface area contributed by atoms with E-state index in [2.05, 4.69) is 15.6 Å². The molecule has 2 amide bonds. The number of hydrogen-bond donors (Lipinski definition) is 4. The fourth-order valence-corrected chi connectivity index (χ4v) is 3.56. The number of nitrogens with zero attached hydrogens (tertiary/aromatic N) is 1. The number of amides is 2. The van der Waals surface area contributed by atoms with Crippen molar-refractivity contribution in [2.75, 3.05) is 11.9 Å². The number of anilines is 1. The number of nitrogens with two attached hydrogens (primary N) is 2. The lowest BCUT2D eigenvalue weighted by molar-refractivity contribution is -0.137. The van der Waals surface area contributed by atoms with Gasteiger partial charge in [-0.05, 0) is 49.2 Å². The van der Waals surface area contributed by atoms with Gasteiger partial charge in [0.1, 0.15) is 6.04 Å². The average Bonchev–Trinajstić information content (AvgIpc) is 2.83. The Morgan fingerprint density at radius 3 is 2.40 bits per heavy atom. The van der Waals surface area contributed by atoms with Gasteiger partial charge < -0.3 is 22.1 Å². The summed E-state index contributed by atoms with van der Waals surface area (Å²) in [6, 6.07) is 11.7. The second-order valence-corrected chi connectivity index (χ2v) is 8.26. The topological polar surface area (TPSA) is 123 Å². The number of halogens is 3. The van der Waals surface area contributed by atoms with Crippen molar-refractivity contribution >= 4 is 28.4 Å². The molecular formula is C25H28F3N5O2. The van der Waals surface area contributed by atoms with Crippen LogP contribution in [0.5, 0.6) is 0 Å². The molecule has 0 unspecified atom stereocenters. The van der Waals surface area contributed by atoms with Crippen LogP contribution in [0.15, 0.2) is 60.8 Å². The zero-order valence-corrected chi connectivity index (χ0v) is 19.0. The van der Waals surface area contributed by atoms with Crippen LogP contribution in [0.3, 0.4) is 0 Å². The summed E-state index contributed by atoms with van der Waals surface area (Å²) in [5, 5.41) is 6.19. The standard InChI is InChI=1S/C25H28F3N5O2/c26-25(27,28)18-10-8-16(9-11-18)13-22(33-23(34)20(30)6-3-4-12-29)24(35)32-19-14-17-5-1-2-7-21(17)31-15-19/h1-2,5,7-11,14-15,20,22H,3-4,6,12-13,29-30H2,(H,32,35)(H,33,34)/t20-,22+/m0/s1. The fourth-order valence-electron chi connectivity index (χ4n) is 3.56. The van der Waals surface area contributed by atoms with Gasteiger partial charge in [-0.2, -0.15) is 13.2 Å². The minimum absolute atomic E-state index is 0.0216. The predicted molar refractivity (Wildman–Crippen MR) is 128 cm³/mol. The van der Waals surface area contributed by atoms with Gasteiger partial charge >= 0.3 is 6.18 Å². The molecule has 0 radical (unpaired) electrons. The molecule has 0 bridgehead atoms. The SMILES string of the molecule is NCCCC[C@H](N)C(=O)N[C@H](Cc1ccc(C(F)(F)F)cc1)C(=O)Nc1cnc2ccccc2c1. The van der Waals surface area contributed by atoms with Crippen LogP contribution in [0.2, 0.25) is 0 Å². The summed E-state index contributed by atoms with van der Waals surface area (Å²) >= 11 is 0. The molecule has 3 aromatic rings. The number of rotatable bonds is 10. The first-order chi connectivity index (χ1) is 16.7. The summed E-state index contributed by atoms with van der Waals surface area (Å²) in [6.07, 6.45) is -1.23. The number of para-hydroxylation sites is 1. The number of fused-ring (bicyclic) bond motifs is 1.